The standard InChI is InChI=1S/C13H20N2O/c1-2-4-11(5-3-1)12-9-15-13(16-12)6-10-7-14-8-10/h9-11,14H,1-8H2. The third kappa shape index (κ3) is 2.14. The van der Waals surface area contributed by atoms with E-state index in [0.29, 0.717) is 5.92 Å². The van der Waals surface area contributed by atoms with Crippen LogP contribution in [-0.4, -0.2) is 18.1 Å². The minimum absolute atomic E-state index is 0.648. The maximum absolute atomic E-state index is 5.89. The van der Waals surface area contributed by atoms with E-state index < -0.39 is 0 Å². The predicted molar refractivity (Wildman–Crippen MR) is 62.4 cm³/mol. The van der Waals surface area contributed by atoms with Gasteiger partial charge in [0, 0.05) is 12.3 Å². The molecule has 3 heteroatoms. The molecule has 1 aromatic rings. The highest BCUT2D eigenvalue weighted by Gasteiger charge is 2.22. The molecule has 1 saturated heterocycles. The third-order valence-corrected chi connectivity index (χ3v) is 3.91. The lowest BCUT2D eigenvalue weighted by atomic mass is 9.88. The van der Waals surface area contributed by atoms with Gasteiger partial charge in [0.1, 0.15) is 5.76 Å². The second-order valence-electron chi connectivity index (χ2n) is 5.22. The number of oxazole rings is 1. The highest BCUT2D eigenvalue weighted by atomic mass is 16.4. The SMILES string of the molecule is c1nc(CC2CNC2)oc1C1CCCCC1. The van der Waals surface area contributed by atoms with Crippen LogP contribution >= 0.6 is 0 Å². The first-order valence-corrected chi connectivity index (χ1v) is 6.57. The van der Waals surface area contributed by atoms with Crippen LogP contribution in [0.25, 0.3) is 0 Å². The molecule has 2 aliphatic rings. The molecule has 3 nitrogen and oxygen atoms in total. The molecule has 0 amide bonds. The van der Waals surface area contributed by atoms with Crippen molar-refractivity contribution >= 4 is 0 Å². The highest BCUT2D eigenvalue weighted by Crippen LogP contribution is 2.33. The maximum atomic E-state index is 5.89. The molecule has 0 spiro atoms. The van der Waals surface area contributed by atoms with Gasteiger partial charge in [-0.05, 0) is 31.8 Å². The van der Waals surface area contributed by atoms with Gasteiger partial charge in [0.05, 0.1) is 6.20 Å². The quantitative estimate of drug-likeness (QED) is 0.850. The number of nitrogens with one attached hydrogen (secondary N) is 1. The Bertz CT molecular complexity index is 337. The zero-order valence-electron chi connectivity index (χ0n) is 9.74. The summed E-state index contributed by atoms with van der Waals surface area (Å²) in [6.45, 7) is 2.25. The van der Waals surface area contributed by atoms with Gasteiger partial charge in [-0.15, -0.1) is 0 Å². The molecule has 0 aromatic carbocycles. The topological polar surface area (TPSA) is 38.1 Å². The first kappa shape index (κ1) is 10.3. The summed E-state index contributed by atoms with van der Waals surface area (Å²) in [4.78, 5) is 4.42. The van der Waals surface area contributed by atoms with Crippen LogP contribution in [0.5, 0.6) is 0 Å². The summed E-state index contributed by atoms with van der Waals surface area (Å²) < 4.78 is 5.89. The molecule has 1 saturated carbocycles. The molecular weight excluding hydrogens is 200 g/mol. The highest BCUT2D eigenvalue weighted by molar-refractivity contribution is 5.03. The molecule has 1 aliphatic carbocycles. The second-order valence-corrected chi connectivity index (χ2v) is 5.22. The molecule has 1 aliphatic heterocycles. The van der Waals surface area contributed by atoms with Crippen LogP contribution in [0.15, 0.2) is 10.6 Å². The smallest absolute Gasteiger partial charge is 0.194 e. The van der Waals surface area contributed by atoms with Crippen LogP contribution < -0.4 is 5.32 Å². The van der Waals surface area contributed by atoms with Gasteiger partial charge in [-0.1, -0.05) is 19.3 Å². The van der Waals surface area contributed by atoms with Gasteiger partial charge in [0.25, 0.3) is 0 Å². The van der Waals surface area contributed by atoms with Crippen LogP contribution in [-0.2, 0) is 6.42 Å². The van der Waals surface area contributed by atoms with Crippen molar-refractivity contribution in [3.05, 3.63) is 17.8 Å². The predicted octanol–water partition coefficient (Wildman–Crippen LogP) is 2.48. The van der Waals surface area contributed by atoms with Gasteiger partial charge < -0.3 is 9.73 Å². The molecular formula is C13H20N2O. The fourth-order valence-electron chi connectivity index (χ4n) is 2.73. The minimum atomic E-state index is 0.648. The average Bonchev–Trinajstić information content (AvgIpc) is 2.73. The average molecular weight is 220 g/mol. The van der Waals surface area contributed by atoms with E-state index in [9.17, 15) is 0 Å². The van der Waals surface area contributed by atoms with E-state index >= 15 is 0 Å². The molecule has 0 atom stereocenters. The first-order chi connectivity index (χ1) is 7.92. The monoisotopic (exact) mass is 220 g/mol. The van der Waals surface area contributed by atoms with Crippen molar-refractivity contribution < 1.29 is 4.42 Å². The summed E-state index contributed by atoms with van der Waals surface area (Å²) >= 11 is 0. The largest absolute Gasteiger partial charge is 0.445 e. The number of rotatable bonds is 3. The molecule has 0 unspecified atom stereocenters. The van der Waals surface area contributed by atoms with Crippen LogP contribution in [0.2, 0.25) is 0 Å². The van der Waals surface area contributed by atoms with E-state index in [1.165, 1.54) is 32.1 Å². The fraction of sp³-hybridized carbons (Fsp3) is 0.769. The Morgan fingerprint density at radius 3 is 2.75 bits per heavy atom. The molecule has 0 bridgehead atoms. The van der Waals surface area contributed by atoms with Crippen LogP contribution in [0.4, 0.5) is 0 Å². The van der Waals surface area contributed by atoms with Crippen molar-refractivity contribution in [2.24, 2.45) is 5.92 Å². The van der Waals surface area contributed by atoms with Crippen molar-refractivity contribution in [2.75, 3.05) is 13.1 Å². The molecule has 2 fully saturated rings. The van der Waals surface area contributed by atoms with Gasteiger partial charge in [-0.2, -0.15) is 0 Å². The summed E-state index contributed by atoms with van der Waals surface area (Å²) in [6, 6.07) is 0. The Labute approximate surface area is 96.6 Å². The molecule has 16 heavy (non-hydrogen) atoms. The number of aromatic nitrogens is 1. The van der Waals surface area contributed by atoms with Gasteiger partial charge in [0.15, 0.2) is 5.89 Å². The molecule has 88 valence electrons. The lowest BCUT2D eigenvalue weighted by Crippen LogP contribution is -2.43. The van der Waals surface area contributed by atoms with Crippen LogP contribution in [0.3, 0.4) is 0 Å². The second kappa shape index (κ2) is 4.58. The molecule has 1 N–H and O–H groups in total. The number of hydrogen-bond donors (Lipinski definition) is 1. The Morgan fingerprint density at radius 1 is 1.25 bits per heavy atom. The van der Waals surface area contributed by atoms with Gasteiger partial charge in [0.2, 0.25) is 0 Å². The maximum Gasteiger partial charge on any atom is 0.194 e. The summed E-state index contributed by atoms with van der Waals surface area (Å²) in [5, 5.41) is 3.28. The fourth-order valence-corrected chi connectivity index (χ4v) is 2.73. The van der Waals surface area contributed by atoms with Gasteiger partial charge >= 0.3 is 0 Å². The summed E-state index contributed by atoms with van der Waals surface area (Å²) in [5.41, 5.74) is 0. The molecule has 1 aromatic heterocycles. The van der Waals surface area contributed by atoms with E-state index in [1.54, 1.807) is 0 Å². The van der Waals surface area contributed by atoms with E-state index in [4.69, 9.17) is 4.42 Å². The summed E-state index contributed by atoms with van der Waals surface area (Å²) in [5.74, 6) is 3.49. The lowest BCUT2D eigenvalue weighted by Gasteiger charge is -2.25. The molecule has 2 heterocycles. The van der Waals surface area contributed by atoms with E-state index in [0.717, 1.165) is 37.1 Å². The minimum Gasteiger partial charge on any atom is -0.445 e. The molecule has 0 radical (unpaired) electrons. The Morgan fingerprint density at radius 2 is 2.06 bits per heavy atom. The Balaban J connectivity index is 1.61. The van der Waals surface area contributed by atoms with Gasteiger partial charge in [-0.25, -0.2) is 4.98 Å². The zero-order valence-corrected chi connectivity index (χ0v) is 9.74. The van der Waals surface area contributed by atoms with E-state index in [1.807, 2.05) is 6.20 Å². The first-order valence-electron chi connectivity index (χ1n) is 6.57. The Hall–Kier alpha value is -0.830. The van der Waals surface area contributed by atoms with Crippen LogP contribution in [0, 0.1) is 5.92 Å². The summed E-state index contributed by atoms with van der Waals surface area (Å²) in [7, 11) is 0. The lowest BCUT2D eigenvalue weighted by molar-refractivity contribution is 0.303. The van der Waals surface area contributed by atoms with Crippen molar-refractivity contribution in [1.82, 2.24) is 10.3 Å². The summed E-state index contributed by atoms with van der Waals surface area (Å²) in [6.07, 6.45) is 9.67. The van der Waals surface area contributed by atoms with Crippen LogP contribution in [0.1, 0.15) is 49.7 Å². The van der Waals surface area contributed by atoms with Crippen molar-refractivity contribution in [3.63, 3.8) is 0 Å². The number of hydrogen-bond acceptors (Lipinski definition) is 3. The van der Waals surface area contributed by atoms with Crippen molar-refractivity contribution in [2.45, 2.75) is 44.4 Å². The zero-order chi connectivity index (χ0) is 10.8. The van der Waals surface area contributed by atoms with E-state index in [2.05, 4.69) is 10.3 Å². The third-order valence-electron chi connectivity index (χ3n) is 3.91. The normalized spacial score (nSPS) is 23.2. The van der Waals surface area contributed by atoms with E-state index in [-0.39, 0.29) is 0 Å². The van der Waals surface area contributed by atoms with Crippen molar-refractivity contribution in [1.29, 1.82) is 0 Å². The molecule has 3 rings (SSSR count). The van der Waals surface area contributed by atoms with Crippen molar-refractivity contribution in [3.8, 4) is 0 Å². The Kier molecular flexibility index (Phi) is 2.96. The number of nitrogens with zero attached hydrogens (tertiary/aromatic N) is 1. The van der Waals surface area contributed by atoms with Gasteiger partial charge in [-0.3, -0.25) is 0 Å².